The number of rotatable bonds is 5. The Bertz CT molecular complexity index is 387. The van der Waals surface area contributed by atoms with Crippen LogP contribution in [0.5, 0.6) is 0 Å². The Balaban J connectivity index is 2.31. The van der Waals surface area contributed by atoms with E-state index in [4.69, 9.17) is 4.43 Å². The highest BCUT2D eigenvalue weighted by atomic mass is 28.4. The quantitative estimate of drug-likeness (QED) is 0.662. The van der Waals surface area contributed by atoms with Gasteiger partial charge in [0.05, 0.1) is 5.76 Å². The summed E-state index contributed by atoms with van der Waals surface area (Å²) in [6.45, 7) is 13.8. The minimum atomic E-state index is -1.90. The second kappa shape index (κ2) is 5.67. The summed E-state index contributed by atoms with van der Waals surface area (Å²) in [5.41, 5.74) is 1.70. The number of allylic oxidation sites excluding steroid dienone is 2. The molecule has 2 aliphatic carbocycles. The summed E-state index contributed by atoms with van der Waals surface area (Å²) in [6, 6.07) is 0. The topological polar surface area (TPSA) is 26.3 Å². The van der Waals surface area contributed by atoms with Crippen molar-refractivity contribution in [3.8, 4) is 0 Å². The van der Waals surface area contributed by atoms with Crippen molar-refractivity contribution in [2.75, 3.05) is 0 Å². The predicted octanol–water partition coefficient (Wildman–Crippen LogP) is 5.06. The Morgan fingerprint density at radius 2 is 1.50 bits per heavy atom. The Kier molecular flexibility index (Phi) is 4.48. The summed E-state index contributed by atoms with van der Waals surface area (Å²) in [4.78, 5) is 12.1. The normalized spacial score (nSPS) is 26.6. The zero-order valence-electron chi connectivity index (χ0n) is 13.9. The molecule has 0 aromatic heterocycles. The Hall–Kier alpha value is -0.573. The lowest BCUT2D eigenvalue weighted by atomic mass is 9.93. The lowest BCUT2D eigenvalue weighted by Gasteiger charge is -2.44. The lowest BCUT2D eigenvalue weighted by Crippen LogP contribution is -2.48. The third-order valence-corrected chi connectivity index (χ3v) is 11.5. The van der Waals surface area contributed by atoms with E-state index in [0.717, 1.165) is 25.0 Å². The van der Waals surface area contributed by atoms with Crippen LogP contribution in [0.2, 0.25) is 16.6 Å². The van der Waals surface area contributed by atoms with Crippen molar-refractivity contribution in [2.24, 2.45) is 11.8 Å². The molecular formula is C17H30O2Si. The first-order valence-corrected chi connectivity index (χ1v) is 10.4. The van der Waals surface area contributed by atoms with E-state index in [1.165, 1.54) is 0 Å². The molecule has 0 amide bonds. The fourth-order valence-electron chi connectivity index (χ4n) is 4.54. The van der Waals surface area contributed by atoms with E-state index in [0.29, 0.717) is 34.2 Å². The molecule has 20 heavy (non-hydrogen) atoms. The highest BCUT2D eigenvalue weighted by molar-refractivity contribution is 6.77. The van der Waals surface area contributed by atoms with Gasteiger partial charge in [0.25, 0.3) is 8.32 Å². The molecule has 2 atom stereocenters. The van der Waals surface area contributed by atoms with Crippen LogP contribution in [0, 0.1) is 11.8 Å². The number of carbonyl (C=O) groups excluding carboxylic acids is 1. The van der Waals surface area contributed by atoms with E-state index in [1.54, 1.807) is 0 Å². The van der Waals surface area contributed by atoms with Crippen LogP contribution in [-0.2, 0) is 9.22 Å². The fraction of sp³-hybridized carbons (Fsp3) is 0.824. The van der Waals surface area contributed by atoms with E-state index in [-0.39, 0.29) is 0 Å². The van der Waals surface area contributed by atoms with Gasteiger partial charge in [0, 0.05) is 17.9 Å². The van der Waals surface area contributed by atoms with Gasteiger partial charge in [-0.05, 0) is 35.9 Å². The monoisotopic (exact) mass is 294 g/mol. The molecule has 0 aromatic carbocycles. The summed E-state index contributed by atoms with van der Waals surface area (Å²) in [6.07, 6.45) is 5.08. The summed E-state index contributed by atoms with van der Waals surface area (Å²) in [5, 5.41) is 0. The Morgan fingerprint density at radius 1 is 1.00 bits per heavy atom. The molecule has 0 aliphatic heterocycles. The van der Waals surface area contributed by atoms with Crippen molar-refractivity contribution in [2.45, 2.75) is 77.4 Å². The van der Waals surface area contributed by atoms with Crippen LogP contribution in [0.3, 0.4) is 0 Å². The molecule has 1 saturated carbocycles. The first-order chi connectivity index (χ1) is 9.29. The second-order valence-corrected chi connectivity index (χ2v) is 13.0. The first kappa shape index (κ1) is 15.8. The maximum Gasteiger partial charge on any atom is 0.258 e. The van der Waals surface area contributed by atoms with Crippen LogP contribution < -0.4 is 0 Å². The largest absolute Gasteiger partial charge is 0.545 e. The van der Waals surface area contributed by atoms with Gasteiger partial charge >= 0.3 is 0 Å². The van der Waals surface area contributed by atoms with Crippen LogP contribution in [-0.4, -0.2) is 14.1 Å². The standard InChI is InChI=1S/C17H30O2Si/c1-11(2)20(12(3)4,13(5)6)19-17-10-16(18)14-7-8-15(17)9-14/h10-15H,7-9H2,1-6H3/t14-,15+/m1/s1. The molecule has 1 fully saturated rings. The number of hydrogen-bond acceptors (Lipinski definition) is 2. The molecule has 2 aliphatic rings. The van der Waals surface area contributed by atoms with Gasteiger partial charge < -0.3 is 4.43 Å². The molecule has 0 spiro atoms. The van der Waals surface area contributed by atoms with Gasteiger partial charge in [-0.3, -0.25) is 4.79 Å². The molecule has 2 rings (SSSR count). The van der Waals surface area contributed by atoms with Gasteiger partial charge in [-0.15, -0.1) is 0 Å². The molecule has 0 saturated heterocycles. The summed E-state index contributed by atoms with van der Waals surface area (Å²) in [7, 11) is -1.90. The zero-order valence-corrected chi connectivity index (χ0v) is 14.9. The highest BCUT2D eigenvalue weighted by Crippen LogP contribution is 2.48. The predicted molar refractivity (Wildman–Crippen MR) is 86.1 cm³/mol. The van der Waals surface area contributed by atoms with Crippen LogP contribution in [0.4, 0.5) is 0 Å². The van der Waals surface area contributed by atoms with Crippen molar-refractivity contribution in [3.63, 3.8) is 0 Å². The average Bonchev–Trinajstić information content (AvgIpc) is 2.76. The van der Waals surface area contributed by atoms with E-state index >= 15 is 0 Å². The maximum atomic E-state index is 12.1. The minimum absolute atomic E-state index is 0.292. The van der Waals surface area contributed by atoms with E-state index < -0.39 is 8.32 Å². The third-order valence-electron chi connectivity index (χ3n) is 5.52. The molecule has 0 heterocycles. The summed E-state index contributed by atoms with van der Waals surface area (Å²) < 4.78 is 6.74. The molecule has 2 bridgehead atoms. The SMILES string of the molecule is CC(C)[Si](OC1=CC(=O)[C@@H]2CC[C@H]1C2)(C(C)C)C(C)C. The van der Waals surface area contributed by atoms with Crippen molar-refractivity contribution < 1.29 is 9.22 Å². The van der Waals surface area contributed by atoms with Gasteiger partial charge in [-0.2, -0.15) is 0 Å². The van der Waals surface area contributed by atoms with Gasteiger partial charge in [0.1, 0.15) is 0 Å². The molecule has 0 unspecified atom stereocenters. The van der Waals surface area contributed by atoms with Gasteiger partial charge in [0.2, 0.25) is 0 Å². The van der Waals surface area contributed by atoms with Crippen LogP contribution in [0.15, 0.2) is 11.8 Å². The number of ketones is 1. The molecule has 2 nitrogen and oxygen atoms in total. The maximum absolute atomic E-state index is 12.1. The van der Waals surface area contributed by atoms with Crippen molar-refractivity contribution in [1.29, 1.82) is 0 Å². The van der Waals surface area contributed by atoms with E-state index in [9.17, 15) is 4.79 Å². The number of fused-ring (bicyclic) bond motifs is 2. The zero-order chi connectivity index (χ0) is 15.1. The molecule has 114 valence electrons. The Morgan fingerprint density at radius 3 is 2.00 bits per heavy atom. The smallest absolute Gasteiger partial charge is 0.258 e. The average molecular weight is 295 g/mol. The molecule has 0 N–H and O–H groups in total. The van der Waals surface area contributed by atoms with Gasteiger partial charge in [-0.1, -0.05) is 41.5 Å². The van der Waals surface area contributed by atoms with Crippen LogP contribution in [0.25, 0.3) is 0 Å². The lowest BCUT2D eigenvalue weighted by molar-refractivity contribution is -0.118. The van der Waals surface area contributed by atoms with Crippen molar-refractivity contribution in [3.05, 3.63) is 11.8 Å². The highest BCUT2D eigenvalue weighted by Gasteiger charge is 2.49. The number of carbonyl (C=O) groups is 1. The number of hydrogen-bond donors (Lipinski definition) is 0. The van der Waals surface area contributed by atoms with E-state index in [1.807, 2.05) is 6.08 Å². The summed E-state index contributed by atoms with van der Waals surface area (Å²) in [5.74, 6) is 2.15. The molecular weight excluding hydrogens is 264 g/mol. The molecule has 0 aromatic rings. The van der Waals surface area contributed by atoms with Crippen LogP contribution in [0.1, 0.15) is 60.8 Å². The van der Waals surface area contributed by atoms with Gasteiger partial charge in [0.15, 0.2) is 5.78 Å². The molecule has 0 radical (unpaired) electrons. The van der Waals surface area contributed by atoms with Gasteiger partial charge in [-0.25, -0.2) is 0 Å². The van der Waals surface area contributed by atoms with Crippen molar-refractivity contribution in [1.82, 2.24) is 0 Å². The third kappa shape index (κ3) is 2.49. The molecule has 3 heteroatoms. The Labute approximate surface area is 125 Å². The van der Waals surface area contributed by atoms with Crippen molar-refractivity contribution >= 4 is 14.1 Å². The second-order valence-electron chi connectivity index (χ2n) is 7.58. The minimum Gasteiger partial charge on any atom is -0.545 e. The first-order valence-electron chi connectivity index (χ1n) is 8.23. The fourth-order valence-corrected chi connectivity index (χ4v) is 9.89. The summed E-state index contributed by atoms with van der Waals surface area (Å²) >= 11 is 0. The van der Waals surface area contributed by atoms with Crippen LogP contribution >= 0.6 is 0 Å². The van der Waals surface area contributed by atoms with E-state index in [2.05, 4.69) is 41.5 Å².